The lowest BCUT2D eigenvalue weighted by Gasteiger charge is -2.14. The smallest absolute Gasteiger partial charge is 0.258 e. The Labute approximate surface area is 127 Å². The van der Waals surface area contributed by atoms with E-state index in [1.165, 1.54) is 19.3 Å². The number of alkyl halides is 1. The van der Waals surface area contributed by atoms with Gasteiger partial charge in [-0.1, -0.05) is 34.1 Å². The average molecular weight is 336 g/mol. The van der Waals surface area contributed by atoms with Gasteiger partial charge in [-0.05, 0) is 55.3 Å². The molecule has 4 rings (SSSR count). The first kappa shape index (κ1) is 12.8. The molecule has 20 heavy (non-hydrogen) atoms. The van der Waals surface area contributed by atoms with Crippen molar-refractivity contribution in [2.45, 2.75) is 30.5 Å². The molecule has 0 N–H and O–H groups in total. The number of rotatable bonds is 4. The maximum absolute atomic E-state index is 11.1. The van der Waals surface area contributed by atoms with Crippen molar-refractivity contribution in [3.05, 3.63) is 39.9 Å². The number of nitro groups is 1. The first-order valence-corrected chi connectivity index (χ1v) is 8.44. The highest BCUT2D eigenvalue weighted by atomic mass is 79.9. The van der Waals surface area contributed by atoms with Crippen LogP contribution < -0.4 is 0 Å². The SMILES string of the molecule is O=[N+]([O-])c1ccccc1CC(Br)C1C2C3CCC(C3)C12. The van der Waals surface area contributed by atoms with Gasteiger partial charge in [0, 0.05) is 16.5 Å². The summed E-state index contributed by atoms with van der Waals surface area (Å²) in [6.07, 6.45) is 5.09. The molecule has 0 heterocycles. The second kappa shape index (κ2) is 4.55. The number of benzene rings is 1. The van der Waals surface area contributed by atoms with Gasteiger partial charge >= 0.3 is 0 Å². The third-order valence-corrected chi connectivity index (χ3v) is 6.75. The summed E-state index contributed by atoms with van der Waals surface area (Å²) in [5.74, 6) is 4.52. The lowest BCUT2D eigenvalue weighted by molar-refractivity contribution is -0.385. The molecule has 3 aliphatic carbocycles. The minimum Gasteiger partial charge on any atom is -0.258 e. The van der Waals surface area contributed by atoms with Crippen LogP contribution in [0.5, 0.6) is 0 Å². The normalized spacial score (nSPS) is 38.5. The summed E-state index contributed by atoms with van der Waals surface area (Å²) in [5, 5.41) is 11.1. The van der Waals surface area contributed by atoms with Crippen molar-refractivity contribution in [3.63, 3.8) is 0 Å². The monoisotopic (exact) mass is 335 g/mol. The van der Waals surface area contributed by atoms with Crippen molar-refractivity contribution >= 4 is 21.6 Å². The van der Waals surface area contributed by atoms with Crippen molar-refractivity contribution < 1.29 is 4.92 Å². The van der Waals surface area contributed by atoms with Gasteiger partial charge in [-0.15, -0.1) is 0 Å². The fourth-order valence-electron chi connectivity index (χ4n) is 5.08. The number of hydrogen-bond acceptors (Lipinski definition) is 2. The zero-order valence-electron chi connectivity index (χ0n) is 11.2. The van der Waals surface area contributed by atoms with Crippen LogP contribution >= 0.6 is 15.9 Å². The van der Waals surface area contributed by atoms with Crippen LogP contribution in [0.2, 0.25) is 0 Å². The highest BCUT2D eigenvalue weighted by Gasteiger charge is 2.66. The molecule has 1 aromatic carbocycles. The Bertz CT molecular complexity index is 545. The van der Waals surface area contributed by atoms with Gasteiger partial charge in [0.05, 0.1) is 4.92 Å². The van der Waals surface area contributed by atoms with Gasteiger partial charge in [0.15, 0.2) is 0 Å². The summed E-state index contributed by atoms with van der Waals surface area (Å²) in [4.78, 5) is 11.2. The lowest BCUT2D eigenvalue weighted by atomic mass is 9.97. The number of nitro benzene ring substituents is 1. The van der Waals surface area contributed by atoms with Gasteiger partial charge in [-0.25, -0.2) is 0 Å². The molecule has 0 amide bonds. The molecule has 3 aliphatic rings. The molecule has 0 radical (unpaired) electrons. The third-order valence-electron chi connectivity index (χ3n) is 5.82. The largest absolute Gasteiger partial charge is 0.272 e. The summed E-state index contributed by atoms with van der Waals surface area (Å²) in [6.45, 7) is 0. The molecular weight excluding hydrogens is 318 g/mol. The Morgan fingerprint density at radius 1 is 1.25 bits per heavy atom. The zero-order valence-corrected chi connectivity index (χ0v) is 12.8. The highest BCUT2D eigenvalue weighted by Crippen LogP contribution is 2.71. The highest BCUT2D eigenvalue weighted by molar-refractivity contribution is 9.09. The Morgan fingerprint density at radius 2 is 1.90 bits per heavy atom. The van der Waals surface area contributed by atoms with Crippen LogP contribution in [0.4, 0.5) is 5.69 Å². The third kappa shape index (κ3) is 1.84. The zero-order chi connectivity index (χ0) is 13.9. The number of hydrogen-bond donors (Lipinski definition) is 0. The van der Waals surface area contributed by atoms with E-state index in [0.29, 0.717) is 4.83 Å². The maximum atomic E-state index is 11.1. The van der Waals surface area contributed by atoms with E-state index in [2.05, 4.69) is 15.9 Å². The lowest BCUT2D eigenvalue weighted by Crippen LogP contribution is -2.13. The first-order chi connectivity index (χ1) is 9.66. The Kier molecular flexibility index (Phi) is 2.92. The van der Waals surface area contributed by atoms with Crippen molar-refractivity contribution in [1.29, 1.82) is 0 Å². The van der Waals surface area contributed by atoms with Crippen molar-refractivity contribution in [2.24, 2.45) is 29.6 Å². The number of halogens is 1. The molecule has 3 fully saturated rings. The predicted molar refractivity (Wildman–Crippen MR) is 80.8 cm³/mol. The second-order valence-electron chi connectivity index (χ2n) is 6.67. The van der Waals surface area contributed by atoms with Crippen LogP contribution in [0.1, 0.15) is 24.8 Å². The first-order valence-electron chi connectivity index (χ1n) is 7.53. The van der Waals surface area contributed by atoms with E-state index in [4.69, 9.17) is 0 Å². The van der Waals surface area contributed by atoms with Gasteiger partial charge < -0.3 is 0 Å². The molecule has 1 aromatic rings. The maximum Gasteiger partial charge on any atom is 0.272 e. The van der Waals surface area contributed by atoms with E-state index < -0.39 is 0 Å². The topological polar surface area (TPSA) is 43.1 Å². The van der Waals surface area contributed by atoms with Crippen LogP contribution in [0.3, 0.4) is 0 Å². The van der Waals surface area contributed by atoms with E-state index in [1.54, 1.807) is 12.1 Å². The van der Waals surface area contributed by atoms with E-state index in [0.717, 1.165) is 41.6 Å². The van der Waals surface area contributed by atoms with Gasteiger partial charge in [-0.2, -0.15) is 0 Å². The van der Waals surface area contributed by atoms with Crippen molar-refractivity contribution in [2.75, 3.05) is 0 Å². The van der Waals surface area contributed by atoms with E-state index in [1.807, 2.05) is 12.1 Å². The summed E-state index contributed by atoms with van der Waals surface area (Å²) >= 11 is 3.84. The van der Waals surface area contributed by atoms with E-state index in [9.17, 15) is 10.1 Å². The molecule has 4 heteroatoms. The quantitative estimate of drug-likeness (QED) is 0.470. The Balaban J connectivity index is 1.49. The van der Waals surface area contributed by atoms with Crippen LogP contribution in [0.15, 0.2) is 24.3 Å². The summed E-state index contributed by atoms with van der Waals surface area (Å²) in [5.41, 5.74) is 1.14. The molecule has 0 spiro atoms. The summed E-state index contributed by atoms with van der Waals surface area (Å²) in [7, 11) is 0. The molecule has 5 unspecified atom stereocenters. The molecule has 0 aromatic heterocycles. The number of para-hydroxylation sites is 1. The number of nitrogens with zero attached hydrogens (tertiary/aromatic N) is 1. The fourth-order valence-corrected chi connectivity index (χ4v) is 6.14. The summed E-state index contributed by atoms with van der Waals surface area (Å²) in [6, 6.07) is 7.17. The molecular formula is C16H18BrNO2. The van der Waals surface area contributed by atoms with Crippen LogP contribution in [0, 0.1) is 39.7 Å². The Morgan fingerprint density at radius 3 is 2.55 bits per heavy atom. The molecule has 3 saturated carbocycles. The summed E-state index contributed by atoms with van der Waals surface area (Å²) < 4.78 is 0. The fraction of sp³-hybridized carbons (Fsp3) is 0.625. The molecule has 2 bridgehead atoms. The van der Waals surface area contributed by atoms with Crippen LogP contribution in [0.25, 0.3) is 0 Å². The van der Waals surface area contributed by atoms with E-state index >= 15 is 0 Å². The molecule has 0 saturated heterocycles. The van der Waals surface area contributed by atoms with Gasteiger partial charge in [0.25, 0.3) is 5.69 Å². The standard InChI is InChI=1S/C16H18BrNO2/c17-12(8-9-3-1-2-4-13(9)18(19)20)16-14-10-5-6-11(7-10)15(14)16/h1-4,10-12,14-16H,5-8H2. The minimum atomic E-state index is -0.257. The molecule has 106 valence electrons. The van der Waals surface area contributed by atoms with E-state index in [-0.39, 0.29) is 10.6 Å². The average Bonchev–Trinajstić information content (AvgIpc) is 2.88. The predicted octanol–water partition coefficient (Wildman–Crippen LogP) is 4.19. The molecule has 3 nitrogen and oxygen atoms in total. The molecule has 5 atom stereocenters. The Hall–Kier alpha value is -0.900. The van der Waals surface area contributed by atoms with Crippen molar-refractivity contribution in [3.8, 4) is 0 Å². The number of fused-ring (bicyclic) bond motifs is 5. The minimum absolute atomic E-state index is 0.257. The van der Waals surface area contributed by atoms with Gasteiger partial charge in [-0.3, -0.25) is 10.1 Å². The van der Waals surface area contributed by atoms with Gasteiger partial charge in [0.1, 0.15) is 0 Å². The van der Waals surface area contributed by atoms with Crippen LogP contribution in [-0.2, 0) is 6.42 Å². The van der Waals surface area contributed by atoms with Crippen molar-refractivity contribution in [1.82, 2.24) is 0 Å². The van der Waals surface area contributed by atoms with Crippen LogP contribution in [-0.4, -0.2) is 9.75 Å². The molecule has 0 aliphatic heterocycles. The second-order valence-corrected chi connectivity index (χ2v) is 7.85. The van der Waals surface area contributed by atoms with Gasteiger partial charge in [0.2, 0.25) is 0 Å².